The fourth-order valence-electron chi connectivity index (χ4n) is 3.47. The number of methoxy groups -OCH3 is 1. The van der Waals surface area contributed by atoms with Gasteiger partial charge in [-0.15, -0.1) is 0 Å². The molecule has 4 heteroatoms. The molecule has 0 aliphatic carbocycles. The van der Waals surface area contributed by atoms with Gasteiger partial charge in [-0.25, -0.2) is 4.79 Å². The molecule has 1 aliphatic heterocycles. The molecule has 1 amide bonds. The first-order valence-corrected chi connectivity index (χ1v) is 8.17. The van der Waals surface area contributed by atoms with Crippen LogP contribution < -0.4 is 5.32 Å². The van der Waals surface area contributed by atoms with E-state index >= 15 is 0 Å². The maximum absolute atomic E-state index is 12.3. The number of amides is 1. The van der Waals surface area contributed by atoms with Crippen molar-refractivity contribution in [2.75, 3.05) is 12.4 Å². The van der Waals surface area contributed by atoms with E-state index in [4.69, 9.17) is 4.74 Å². The van der Waals surface area contributed by atoms with E-state index in [2.05, 4.69) is 17.4 Å². The second-order valence-corrected chi connectivity index (χ2v) is 6.17. The molecule has 0 spiro atoms. The fourth-order valence-corrected chi connectivity index (χ4v) is 3.47. The Morgan fingerprint density at radius 3 is 2.56 bits per heavy atom. The first kappa shape index (κ1) is 15.4. The van der Waals surface area contributed by atoms with Gasteiger partial charge in [0.05, 0.1) is 18.4 Å². The maximum atomic E-state index is 12.3. The average Bonchev–Trinajstić information content (AvgIpc) is 2.66. The van der Waals surface area contributed by atoms with Gasteiger partial charge in [-0.3, -0.25) is 4.79 Å². The van der Waals surface area contributed by atoms with E-state index in [0.717, 1.165) is 27.6 Å². The minimum absolute atomic E-state index is 0.00546. The summed E-state index contributed by atoms with van der Waals surface area (Å²) < 4.78 is 4.74. The molecule has 0 aromatic heterocycles. The van der Waals surface area contributed by atoms with E-state index in [1.807, 2.05) is 36.4 Å². The first-order valence-electron chi connectivity index (χ1n) is 8.17. The lowest BCUT2D eigenvalue weighted by molar-refractivity contribution is -0.116. The molecule has 0 radical (unpaired) electrons. The third-order valence-electron chi connectivity index (χ3n) is 4.72. The van der Waals surface area contributed by atoms with Crippen molar-refractivity contribution in [2.24, 2.45) is 0 Å². The zero-order valence-electron chi connectivity index (χ0n) is 13.8. The second-order valence-electron chi connectivity index (χ2n) is 6.17. The molecular formula is C21H17NO3. The number of benzene rings is 3. The number of esters is 1. The quantitative estimate of drug-likeness (QED) is 0.719. The molecule has 0 fully saturated rings. The summed E-state index contributed by atoms with van der Waals surface area (Å²) in [6, 6.07) is 19.5. The van der Waals surface area contributed by atoms with Crippen LogP contribution in [0.1, 0.15) is 33.8 Å². The van der Waals surface area contributed by atoms with Crippen LogP contribution in [0, 0.1) is 0 Å². The zero-order valence-corrected chi connectivity index (χ0v) is 13.8. The molecule has 1 aliphatic rings. The van der Waals surface area contributed by atoms with Crippen molar-refractivity contribution in [1.82, 2.24) is 0 Å². The molecular weight excluding hydrogens is 314 g/mol. The van der Waals surface area contributed by atoms with E-state index in [0.29, 0.717) is 12.0 Å². The van der Waals surface area contributed by atoms with E-state index in [9.17, 15) is 9.59 Å². The van der Waals surface area contributed by atoms with Gasteiger partial charge >= 0.3 is 5.97 Å². The Morgan fingerprint density at radius 1 is 1.04 bits per heavy atom. The van der Waals surface area contributed by atoms with Gasteiger partial charge in [-0.1, -0.05) is 48.5 Å². The molecule has 3 aromatic rings. The molecule has 1 unspecified atom stereocenters. The topological polar surface area (TPSA) is 55.4 Å². The highest BCUT2D eigenvalue weighted by molar-refractivity contribution is 6.06. The summed E-state index contributed by atoms with van der Waals surface area (Å²) in [6.07, 6.45) is 0.392. The Hall–Kier alpha value is -3.14. The van der Waals surface area contributed by atoms with Crippen molar-refractivity contribution >= 4 is 28.3 Å². The van der Waals surface area contributed by atoms with Crippen molar-refractivity contribution in [3.05, 3.63) is 77.4 Å². The van der Waals surface area contributed by atoms with Gasteiger partial charge in [0.25, 0.3) is 0 Å². The van der Waals surface area contributed by atoms with Gasteiger partial charge in [-0.2, -0.15) is 0 Å². The van der Waals surface area contributed by atoms with Crippen molar-refractivity contribution in [1.29, 1.82) is 0 Å². The van der Waals surface area contributed by atoms with Crippen LogP contribution in [-0.4, -0.2) is 19.0 Å². The Bertz CT molecular complexity index is 976. The summed E-state index contributed by atoms with van der Waals surface area (Å²) in [5, 5.41) is 5.17. The van der Waals surface area contributed by atoms with Crippen molar-refractivity contribution < 1.29 is 14.3 Å². The number of carbonyl (C=O) groups excluding carboxylic acids is 2. The summed E-state index contributed by atoms with van der Waals surface area (Å²) in [5.74, 6) is -0.384. The molecule has 1 heterocycles. The summed E-state index contributed by atoms with van der Waals surface area (Å²) >= 11 is 0. The van der Waals surface area contributed by atoms with E-state index < -0.39 is 0 Å². The number of fused-ring (bicyclic) bond motifs is 3. The highest BCUT2D eigenvalue weighted by Crippen LogP contribution is 2.40. The van der Waals surface area contributed by atoms with Crippen LogP contribution in [0.4, 0.5) is 5.69 Å². The monoisotopic (exact) mass is 331 g/mol. The third-order valence-corrected chi connectivity index (χ3v) is 4.72. The van der Waals surface area contributed by atoms with Gasteiger partial charge in [0.1, 0.15) is 0 Å². The summed E-state index contributed by atoms with van der Waals surface area (Å²) in [6.45, 7) is 0. The zero-order chi connectivity index (χ0) is 17.4. The number of carbonyl (C=O) groups is 2. The maximum Gasteiger partial charge on any atom is 0.337 e. The number of hydrogen-bond acceptors (Lipinski definition) is 3. The number of nitrogens with one attached hydrogen (secondary N) is 1. The predicted molar refractivity (Wildman–Crippen MR) is 96.8 cm³/mol. The highest BCUT2D eigenvalue weighted by atomic mass is 16.5. The van der Waals surface area contributed by atoms with Gasteiger partial charge in [0.2, 0.25) is 5.91 Å². The number of hydrogen-bond donors (Lipinski definition) is 1. The molecule has 0 saturated carbocycles. The highest BCUT2D eigenvalue weighted by Gasteiger charge is 2.27. The summed E-state index contributed by atoms with van der Waals surface area (Å²) in [7, 11) is 1.36. The van der Waals surface area contributed by atoms with E-state index in [1.165, 1.54) is 7.11 Å². The van der Waals surface area contributed by atoms with Gasteiger partial charge in [0.15, 0.2) is 0 Å². The molecule has 1 atom stereocenters. The standard InChI is InChI=1S/C21H17NO3/c1-25-21(24)15-8-6-14(7-9-15)18-12-19(23)22-20-16-5-3-2-4-13(16)10-11-17(18)20/h2-11,18H,12H2,1H3,(H,22,23). The van der Waals surface area contributed by atoms with Crippen LogP contribution in [0.2, 0.25) is 0 Å². The van der Waals surface area contributed by atoms with Crippen molar-refractivity contribution in [3.8, 4) is 0 Å². The lowest BCUT2D eigenvalue weighted by atomic mass is 9.83. The number of anilines is 1. The summed E-state index contributed by atoms with van der Waals surface area (Å²) in [4.78, 5) is 23.9. The van der Waals surface area contributed by atoms with Crippen LogP contribution in [-0.2, 0) is 9.53 Å². The lowest BCUT2D eigenvalue weighted by Gasteiger charge is -2.27. The minimum Gasteiger partial charge on any atom is -0.465 e. The Morgan fingerprint density at radius 2 is 1.80 bits per heavy atom. The lowest BCUT2D eigenvalue weighted by Crippen LogP contribution is -2.23. The van der Waals surface area contributed by atoms with Crippen LogP contribution in [0.15, 0.2) is 60.7 Å². The van der Waals surface area contributed by atoms with Gasteiger partial charge < -0.3 is 10.1 Å². The van der Waals surface area contributed by atoms with Crippen LogP contribution in [0.3, 0.4) is 0 Å². The largest absolute Gasteiger partial charge is 0.465 e. The molecule has 1 N–H and O–H groups in total. The SMILES string of the molecule is COC(=O)c1ccc(C2CC(=O)Nc3c2ccc2ccccc32)cc1. The minimum atomic E-state index is -0.362. The third kappa shape index (κ3) is 2.66. The molecule has 124 valence electrons. The molecule has 25 heavy (non-hydrogen) atoms. The van der Waals surface area contributed by atoms with E-state index in [1.54, 1.807) is 12.1 Å². The molecule has 4 nitrogen and oxygen atoms in total. The molecule has 3 aromatic carbocycles. The Kier molecular flexibility index (Phi) is 3.73. The second kappa shape index (κ2) is 6.06. The average molecular weight is 331 g/mol. The molecule has 0 bridgehead atoms. The van der Waals surface area contributed by atoms with Crippen molar-refractivity contribution in [2.45, 2.75) is 12.3 Å². The Balaban J connectivity index is 1.81. The predicted octanol–water partition coefficient (Wildman–Crippen LogP) is 4.10. The van der Waals surface area contributed by atoms with Crippen LogP contribution in [0.5, 0.6) is 0 Å². The number of ether oxygens (including phenoxy) is 1. The van der Waals surface area contributed by atoms with Gasteiger partial charge in [0, 0.05) is 17.7 Å². The van der Waals surface area contributed by atoms with Crippen molar-refractivity contribution in [3.63, 3.8) is 0 Å². The van der Waals surface area contributed by atoms with Crippen LogP contribution >= 0.6 is 0 Å². The summed E-state index contributed by atoms with van der Waals surface area (Å²) in [5.41, 5.74) is 3.50. The molecule has 0 saturated heterocycles. The van der Waals surface area contributed by atoms with Gasteiger partial charge in [-0.05, 0) is 28.6 Å². The smallest absolute Gasteiger partial charge is 0.337 e. The Labute approximate surface area is 145 Å². The fraction of sp³-hybridized carbons (Fsp3) is 0.143. The first-order chi connectivity index (χ1) is 12.2. The number of rotatable bonds is 2. The molecule has 4 rings (SSSR count). The van der Waals surface area contributed by atoms with E-state index in [-0.39, 0.29) is 17.8 Å². The normalized spacial score (nSPS) is 16.2. The van der Waals surface area contributed by atoms with Crippen LogP contribution in [0.25, 0.3) is 10.8 Å².